The predicted octanol–water partition coefficient (Wildman–Crippen LogP) is 3.19. The van der Waals surface area contributed by atoms with Gasteiger partial charge in [-0.2, -0.15) is 0 Å². The van der Waals surface area contributed by atoms with Gasteiger partial charge in [0.1, 0.15) is 0 Å². The molecule has 5 heteroatoms. The first-order valence-corrected chi connectivity index (χ1v) is 8.04. The Bertz CT molecular complexity index is 716. The Kier molecular flexibility index (Phi) is 4.89. The first-order chi connectivity index (χ1) is 11.7. The predicted molar refractivity (Wildman–Crippen MR) is 92.4 cm³/mol. The molecule has 126 valence electrons. The van der Waals surface area contributed by atoms with E-state index in [0.717, 1.165) is 29.7 Å². The molecule has 3 rings (SSSR count). The monoisotopic (exact) mass is 326 g/mol. The molecule has 2 aromatic carbocycles. The number of benzene rings is 2. The SMILES string of the molecule is COc1cc2c(cc1OC)C(NC(=O)NCc1ccccc1)CC2. The average Bonchev–Trinajstić information content (AvgIpc) is 3.01. The molecule has 0 radical (unpaired) electrons. The minimum atomic E-state index is -0.161. The standard InChI is InChI=1S/C19H22N2O3/c1-23-17-10-14-8-9-16(15(14)11-18(17)24-2)21-19(22)20-12-13-6-4-3-5-7-13/h3-7,10-11,16H,8-9,12H2,1-2H3,(H2,20,21,22). The van der Waals surface area contributed by atoms with E-state index >= 15 is 0 Å². The molecule has 0 saturated carbocycles. The number of hydrogen-bond acceptors (Lipinski definition) is 3. The van der Waals surface area contributed by atoms with Gasteiger partial charge in [-0.25, -0.2) is 4.79 Å². The topological polar surface area (TPSA) is 59.6 Å². The highest BCUT2D eigenvalue weighted by Crippen LogP contribution is 2.39. The normalized spacial score (nSPS) is 15.5. The van der Waals surface area contributed by atoms with Gasteiger partial charge in [0, 0.05) is 6.54 Å². The Labute approximate surface area is 142 Å². The van der Waals surface area contributed by atoms with Crippen molar-refractivity contribution in [3.05, 3.63) is 59.2 Å². The van der Waals surface area contributed by atoms with Crippen LogP contribution in [0.5, 0.6) is 11.5 Å². The largest absolute Gasteiger partial charge is 0.493 e. The van der Waals surface area contributed by atoms with Crippen LogP contribution < -0.4 is 20.1 Å². The second-order valence-corrected chi connectivity index (χ2v) is 5.81. The van der Waals surface area contributed by atoms with Crippen molar-refractivity contribution < 1.29 is 14.3 Å². The highest BCUT2D eigenvalue weighted by atomic mass is 16.5. The van der Waals surface area contributed by atoms with E-state index in [1.807, 2.05) is 42.5 Å². The third-order valence-electron chi connectivity index (χ3n) is 4.32. The number of rotatable bonds is 5. The van der Waals surface area contributed by atoms with E-state index in [1.165, 1.54) is 5.56 Å². The lowest BCUT2D eigenvalue weighted by Crippen LogP contribution is -2.36. The van der Waals surface area contributed by atoms with Gasteiger partial charge in [-0.15, -0.1) is 0 Å². The molecule has 1 aliphatic carbocycles. The zero-order valence-electron chi connectivity index (χ0n) is 14.0. The molecule has 0 saturated heterocycles. The van der Waals surface area contributed by atoms with Crippen LogP contribution in [0.4, 0.5) is 4.79 Å². The second kappa shape index (κ2) is 7.25. The molecule has 5 nitrogen and oxygen atoms in total. The molecule has 2 aromatic rings. The van der Waals surface area contributed by atoms with Crippen LogP contribution >= 0.6 is 0 Å². The van der Waals surface area contributed by atoms with Crippen LogP contribution in [0.1, 0.15) is 29.2 Å². The number of nitrogens with one attached hydrogen (secondary N) is 2. The first kappa shape index (κ1) is 16.2. The van der Waals surface area contributed by atoms with Crippen molar-refractivity contribution >= 4 is 6.03 Å². The number of methoxy groups -OCH3 is 2. The molecule has 2 amide bonds. The summed E-state index contributed by atoms with van der Waals surface area (Å²) >= 11 is 0. The van der Waals surface area contributed by atoms with Gasteiger partial charge in [-0.1, -0.05) is 30.3 Å². The fourth-order valence-corrected chi connectivity index (χ4v) is 3.07. The van der Waals surface area contributed by atoms with Crippen molar-refractivity contribution in [1.82, 2.24) is 10.6 Å². The maximum atomic E-state index is 12.2. The summed E-state index contributed by atoms with van der Waals surface area (Å²) in [5, 5.41) is 5.95. The van der Waals surface area contributed by atoms with Crippen molar-refractivity contribution in [1.29, 1.82) is 0 Å². The molecular weight excluding hydrogens is 304 g/mol. The minimum Gasteiger partial charge on any atom is -0.493 e. The zero-order valence-corrected chi connectivity index (χ0v) is 14.0. The van der Waals surface area contributed by atoms with Crippen LogP contribution in [0.3, 0.4) is 0 Å². The molecule has 24 heavy (non-hydrogen) atoms. The first-order valence-electron chi connectivity index (χ1n) is 8.04. The number of amides is 2. The Hall–Kier alpha value is -2.69. The summed E-state index contributed by atoms with van der Waals surface area (Å²) in [5.41, 5.74) is 3.37. The van der Waals surface area contributed by atoms with E-state index in [9.17, 15) is 4.79 Å². The van der Waals surface area contributed by atoms with Crippen molar-refractivity contribution in [2.24, 2.45) is 0 Å². The van der Waals surface area contributed by atoms with Gasteiger partial charge >= 0.3 is 6.03 Å². The van der Waals surface area contributed by atoms with Crippen LogP contribution in [0, 0.1) is 0 Å². The van der Waals surface area contributed by atoms with Gasteiger partial charge < -0.3 is 20.1 Å². The molecule has 1 atom stereocenters. The van der Waals surface area contributed by atoms with Gasteiger partial charge in [0.25, 0.3) is 0 Å². The van der Waals surface area contributed by atoms with Gasteiger partial charge in [-0.05, 0) is 41.7 Å². The lowest BCUT2D eigenvalue weighted by atomic mass is 10.1. The van der Waals surface area contributed by atoms with E-state index in [2.05, 4.69) is 10.6 Å². The van der Waals surface area contributed by atoms with Crippen molar-refractivity contribution in [3.8, 4) is 11.5 Å². The summed E-state index contributed by atoms with van der Waals surface area (Å²) in [6.45, 7) is 0.512. The van der Waals surface area contributed by atoms with Gasteiger partial charge in [0.05, 0.1) is 20.3 Å². The third-order valence-corrected chi connectivity index (χ3v) is 4.32. The summed E-state index contributed by atoms with van der Waals surface area (Å²) in [6.07, 6.45) is 1.80. The average molecular weight is 326 g/mol. The number of aryl methyl sites for hydroxylation is 1. The molecule has 1 aliphatic rings. The van der Waals surface area contributed by atoms with Gasteiger partial charge in [-0.3, -0.25) is 0 Å². The van der Waals surface area contributed by atoms with Crippen molar-refractivity contribution in [2.45, 2.75) is 25.4 Å². The molecular formula is C19H22N2O3. The molecule has 2 N–H and O–H groups in total. The Morgan fingerprint density at radius 3 is 2.54 bits per heavy atom. The molecule has 0 aromatic heterocycles. The van der Waals surface area contributed by atoms with Crippen molar-refractivity contribution in [2.75, 3.05) is 14.2 Å². The zero-order chi connectivity index (χ0) is 16.9. The van der Waals surface area contributed by atoms with E-state index in [-0.39, 0.29) is 12.1 Å². The fourth-order valence-electron chi connectivity index (χ4n) is 3.07. The maximum Gasteiger partial charge on any atom is 0.315 e. The lowest BCUT2D eigenvalue weighted by Gasteiger charge is -2.17. The Morgan fingerprint density at radius 2 is 1.83 bits per heavy atom. The lowest BCUT2D eigenvalue weighted by molar-refractivity contribution is 0.236. The summed E-state index contributed by atoms with van der Waals surface area (Å²) in [7, 11) is 3.25. The van der Waals surface area contributed by atoms with E-state index < -0.39 is 0 Å². The number of carbonyl (C=O) groups excluding carboxylic acids is 1. The molecule has 0 spiro atoms. The molecule has 0 bridgehead atoms. The summed E-state index contributed by atoms with van der Waals surface area (Å²) in [6, 6.07) is 13.7. The number of carbonyl (C=O) groups is 1. The number of urea groups is 1. The van der Waals surface area contributed by atoms with E-state index in [1.54, 1.807) is 14.2 Å². The molecule has 1 unspecified atom stereocenters. The fraction of sp³-hybridized carbons (Fsp3) is 0.316. The highest BCUT2D eigenvalue weighted by molar-refractivity contribution is 5.74. The Balaban J connectivity index is 1.64. The smallest absolute Gasteiger partial charge is 0.315 e. The van der Waals surface area contributed by atoms with Crippen LogP contribution in [-0.4, -0.2) is 20.3 Å². The molecule has 0 aliphatic heterocycles. The third kappa shape index (κ3) is 3.45. The quantitative estimate of drug-likeness (QED) is 0.887. The number of hydrogen-bond donors (Lipinski definition) is 2. The number of ether oxygens (including phenoxy) is 2. The summed E-state index contributed by atoms with van der Waals surface area (Å²) in [5.74, 6) is 1.42. The van der Waals surface area contributed by atoms with Gasteiger partial charge in [0.15, 0.2) is 11.5 Å². The molecule has 0 fully saturated rings. The van der Waals surface area contributed by atoms with Crippen LogP contribution in [0.15, 0.2) is 42.5 Å². The number of fused-ring (bicyclic) bond motifs is 1. The Morgan fingerprint density at radius 1 is 1.12 bits per heavy atom. The van der Waals surface area contributed by atoms with Crippen molar-refractivity contribution in [3.63, 3.8) is 0 Å². The molecule has 0 heterocycles. The minimum absolute atomic E-state index is 0.00409. The van der Waals surface area contributed by atoms with E-state index in [0.29, 0.717) is 12.3 Å². The maximum absolute atomic E-state index is 12.2. The van der Waals surface area contributed by atoms with Gasteiger partial charge in [0.2, 0.25) is 0 Å². The summed E-state index contributed by atoms with van der Waals surface area (Å²) in [4.78, 5) is 12.2. The van der Waals surface area contributed by atoms with Crippen LogP contribution in [0.25, 0.3) is 0 Å². The van der Waals surface area contributed by atoms with Crippen LogP contribution in [-0.2, 0) is 13.0 Å². The second-order valence-electron chi connectivity index (χ2n) is 5.81. The highest BCUT2D eigenvalue weighted by Gasteiger charge is 2.26. The summed E-state index contributed by atoms with van der Waals surface area (Å²) < 4.78 is 10.7. The van der Waals surface area contributed by atoms with E-state index in [4.69, 9.17) is 9.47 Å². The van der Waals surface area contributed by atoms with Crippen LogP contribution in [0.2, 0.25) is 0 Å².